The van der Waals surface area contributed by atoms with Crippen LogP contribution in [0.5, 0.6) is 0 Å². The number of aliphatic imine (C=N–C) groups is 1. The molecule has 0 unspecified atom stereocenters. The van der Waals surface area contributed by atoms with E-state index < -0.39 is 25.0 Å². The number of alkyl halides is 3. The van der Waals surface area contributed by atoms with E-state index >= 15 is 0 Å². The van der Waals surface area contributed by atoms with Crippen LogP contribution in [-0.4, -0.2) is 71.4 Å². The number of benzodiazepines with no additional fused rings is 1. The Labute approximate surface area is 245 Å². The molecule has 0 saturated carbocycles. The maximum Gasteiger partial charge on any atom is 0.411 e. The number of carbonyl (C=O) groups excluding carboxylic acids is 1. The number of aromatic nitrogens is 2. The average Bonchev–Trinajstić information content (AvgIpc) is 3.34. The number of allylic oxidation sites excluding steroid dienone is 3. The molecule has 1 aromatic heterocycles. The summed E-state index contributed by atoms with van der Waals surface area (Å²) in [7, 11) is 0. The molecular formula is C31H30F3N5O4. The van der Waals surface area contributed by atoms with Crippen molar-refractivity contribution < 1.29 is 27.4 Å². The highest BCUT2D eigenvalue weighted by Gasteiger charge is 2.37. The Morgan fingerprint density at radius 3 is 2.53 bits per heavy atom. The van der Waals surface area contributed by atoms with Gasteiger partial charge in [0.1, 0.15) is 24.6 Å². The molecule has 1 amide bonds. The Hall–Kier alpha value is -4.74. The average molecular weight is 594 g/mol. The zero-order valence-corrected chi connectivity index (χ0v) is 23.2. The van der Waals surface area contributed by atoms with E-state index in [1.165, 1.54) is 4.90 Å². The molecule has 0 radical (unpaired) electrons. The molecule has 0 aliphatic carbocycles. The van der Waals surface area contributed by atoms with E-state index in [2.05, 4.69) is 9.98 Å². The van der Waals surface area contributed by atoms with Gasteiger partial charge in [-0.3, -0.25) is 4.57 Å². The Morgan fingerprint density at radius 2 is 1.81 bits per heavy atom. The summed E-state index contributed by atoms with van der Waals surface area (Å²) in [6, 6.07) is 16.1. The number of nitrogens with one attached hydrogen (secondary N) is 1. The Balaban J connectivity index is 1.19. The molecule has 2 aromatic carbocycles. The first kappa shape index (κ1) is 28.4. The van der Waals surface area contributed by atoms with Crippen molar-refractivity contribution in [3.05, 3.63) is 101 Å². The van der Waals surface area contributed by atoms with Gasteiger partial charge in [-0.25, -0.2) is 14.6 Å². The molecule has 224 valence electrons. The molecular weight excluding hydrogens is 563 g/mol. The van der Waals surface area contributed by atoms with Crippen molar-refractivity contribution in [1.29, 1.82) is 0 Å². The number of rotatable bonds is 5. The molecule has 1 fully saturated rings. The zero-order valence-electron chi connectivity index (χ0n) is 23.2. The van der Waals surface area contributed by atoms with Gasteiger partial charge >= 0.3 is 18.0 Å². The van der Waals surface area contributed by atoms with E-state index in [0.717, 1.165) is 10.5 Å². The van der Waals surface area contributed by atoms with Gasteiger partial charge in [-0.2, -0.15) is 13.2 Å². The molecule has 3 aliphatic heterocycles. The van der Waals surface area contributed by atoms with Crippen LogP contribution in [-0.2, 0) is 9.47 Å². The van der Waals surface area contributed by atoms with Gasteiger partial charge in [-0.1, -0.05) is 54.6 Å². The lowest BCUT2D eigenvalue weighted by Gasteiger charge is -2.33. The minimum Gasteiger partial charge on any atom is -0.487 e. The Bertz CT molecular complexity index is 1620. The van der Waals surface area contributed by atoms with Crippen LogP contribution in [0.4, 0.5) is 23.7 Å². The minimum atomic E-state index is -4.49. The van der Waals surface area contributed by atoms with Crippen LogP contribution in [0.1, 0.15) is 24.4 Å². The number of halogens is 3. The quantitative estimate of drug-likeness (QED) is 0.435. The van der Waals surface area contributed by atoms with Crippen LogP contribution < -0.4 is 10.6 Å². The van der Waals surface area contributed by atoms with Gasteiger partial charge in [0.05, 0.1) is 12.2 Å². The minimum absolute atomic E-state index is 0.118. The van der Waals surface area contributed by atoms with Crippen molar-refractivity contribution in [3.8, 4) is 11.3 Å². The Morgan fingerprint density at radius 1 is 1.07 bits per heavy atom. The lowest BCUT2D eigenvalue weighted by Crippen LogP contribution is -2.44. The van der Waals surface area contributed by atoms with Crippen molar-refractivity contribution in [2.45, 2.75) is 31.3 Å². The highest BCUT2D eigenvalue weighted by molar-refractivity contribution is 6.15. The normalized spacial score (nSPS) is 19.2. The predicted octanol–water partition coefficient (Wildman–Crippen LogP) is 5.28. The first-order chi connectivity index (χ1) is 20.7. The molecule has 0 spiro atoms. The van der Waals surface area contributed by atoms with Gasteiger partial charge in [0.15, 0.2) is 0 Å². The number of H-pyrrole nitrogens is 1. The summed E-state index contributed by atoms with van der Waals surface area (Å²) in [5.41, 5.74) is 2.49. The van der Waals surface area contributed by atoms with Crippen molar-refractivity contribution in [3.63, 3.8) is 0 Å². The number of hydrogen-bond acceptors (Lipinski definition) is 6. The smallest absolute Gasteiger partial charge is 0.411 e. The molecule has 1 N–H and O–H groups in total. The van der Waals surface area contributed by atoms with Crippen molar-refractivity contribution in [1.82, 2.24) is 14.5 Å². The van der Waals surface area contributed by atoms with E-state index in [1.54, 1.807) is 53.3 Å². The van der Waals surface area contributed by atoms with Gasteiger partial charge in [0.2, 0.25) is 6.23 Å². The fourth-order valence-corrected chi connectivity index (χ4v) is 5.62. The van der Waals surface area contributed by atoms with Gasteiger partial charge in [0.25, 0.3) is 0 Å². The number of imidazole rings is 1. The summed E-state index contributed by atoms with van der Waals surface area (Å²) in [5.74, 6) is 0.387. The highest BCUT2D eigenvalue weighted by atomic mass is 19.4. The second kappa shape index (κ2) is 11.9. The molecule has 0 bridgehead atoms. The lowest BCUT2D eigenvalue weighted by molar-refractivity contribution is -0.120. The maximum atomic E-state index is 13.6. The topological polar surface area (TPSA) is 92.2 Å². The number of benzene rings is 2. The zero-order chi connectivity index (χ0) is 30.0. The summed E-state index contributed by atoms with van der Waals surface area (Å²) in [5, 5.41) is 0. The molecule has 4 heterocycles. The van der Waals surface area contributed by atoms with Crippen molar-refractivity contribution >= 4 is 17.5 Å². The highest BCUT2D eigenvalue weighted by Crippen LogP contribution is 2.32. The number of carbonyl (C=O) groups is 1. The predicted molar refractivity (Wildman–Crippen MR) is 155 cm³/mol. The number of ether oxygens (including phenoxy) is 2. The van der Waals surface area contributed by atoms with Crippen LogP contribution in [0.2, 0.25) is 0 Å². The second-order valence-corrected chi connectivity index (χ2v) is 10.6. The van der Waals surface area contributed by atoms with E-state index in [4.69, 9.17) is 9.47 Å². The van der Waals surface area contributed by atoms with Gasteiger partial charge in [0, 0.05) is 36.6 Å². The fraction of sp³-hybridized carbons (Fsp3) is 0.323. The number of aromatic amines is 1. The standard InChI is InChI=1S/C31H30F3N5O4/c32-31(33,34)20-38-19-27(36-28(26-12-6-7-17-42-26)23-10-4-5-11-25(23)38)43-30(41)37-15-13-22(14-16-37)39-18-24(35-29(39)40)21-8-2-1-3-9-21/h1-12,18,22,27H,13-17,19-20H2,(H,35,40)/t27-/m1/s1. The summed E-state index contributed by atoms with van der Waals surface area (Å²) >= 11 is 0. The van der Waals surface area contributed by atoms with Crippen LogP contribution in [0.15, 0.2) is 94.6 Å². The number of amides is 1. The van der Waals surface area contributed by atoms with E-state index in [0.29, 0.717) is 54.3 Å². The number of para-hydroxylation sites is 1. The van der Waals surface area contributed by atoms with Crippen LogP contribution in [0.3, 0.4) is 0 Å². The third-order valence-electron chi connectivity index (χ3n) is 7.65. The molecule has 43 heavy (non-hydrogen) atoms. The number of anilines is 1. The Kier molecular flexibility index (Phi) is 7.83. The van der Waals surface area contributed by atoms with Crippen LogP contribution in [0, 0.1) is 0 Å². The maximum absolute atomic E-state index is 13.6. The fourth-order valence-electron chi connectivity index (χ4n) is 5.62. The first-order valence-corrected chi connectivity index (χ1v) is 14.1. The molecule has 6 rings (SSSR count). The molecule has 3 aromatic rings. The first-order valence-electron chi connectivity index (χ1n) is 14.1. The third kappa shape index (κ3) is 6.37. The summed E-state index contributed by atoms with van der Waals surface area (Å²) < 4.78 is 54.1. The SMILES string of the molecule is O=C(O[C@@H]1CN(CC(F)(F)F)c2ccccc2C(C2=CC=CCO2)=N1)N1CCC(n2cc(-c3ccccc3)[nH]c2=O)CC1. The molecule has 1 atom stereocenters. The van der Waals surface area contributed by atoms with Gasteiger partial charge < -0.3 is 24.3 Å². The number of hydrogen-bond donors (Lipinski definition) is 1. The number of nitrogens with zero attached hydrogens (tertiary/aromatic N) is 4. The lowest BCUT2D eigenvalue weighted by atomic mass is 10.0. The van der Waals surface area contributed by atoms with E-state index in [9.17, 15) is 22.8 Å². The van der Waals surface area contributed by atoms with E-state index in [-0.39, 0.29) is 24.9 Å². The number of piperidine rings is 1. The summed E-state index contributed by atoms with van der Waals surface area (Å²) in [6.45, 7) is -0.599. The molecule has 12 heteroatoms. The summed E-state index contributed by atoms with van der Waals surface area (Å²) in [4.78, 5) is 36.1. The van der Waals surface area contributed by atoms with E-state index in [1.807, 2.05) is 30.3 Å². The summed E-state index contributed by atoms with van der Waals surface area (Å²) in [6.07, 6.45) is 1.71. The molecule has 3 aliphatic rings. The van der Waals surface area contributed by atoms with Crippen LogP contribution >= 0.6 is 0 Å². The largest absolute Gasteiger partial charge is 0.487 e. The van der Waals surface area contributed by atoms with Crippen molar-refractivity contribution in [2.75, 3.05) is 37.7 Å². The van der Waals surface area contributed by atoms with Crippen LogP contribution in [0.25, 0.3) is 11.3 Å². The van der Waals surface area contributed by atoms with Gasteiger partial charge in [-0.05, 0) is 36.6 Å². The third-order valence-corrected chi connectivity index (χ3v) is 7.65. The second-order valence-electron chi connectivity index (χ2n) is 10.6. The number of fused-ring (bicyclic) bond motifs is 1. The monoisotopic (exact) mass is 593 g/mol. The van der Waals surface area contributed by atoms with Crippen molar-refractivity contribution in [2.24, 2.45) is 4.99 Å². The number of likely N-dealkylation sites (tertiary alicyclic amines) is 1. The van der Waals surface area contributed by atoms with Gasteiger partial charge in [-0.15, -0.1) is 0 Å². The molecule has 1 saturated heterocycles. The molecule has 9 nitrogen and oxygen atoms in total.